The number of carbonyl (C=O) groups excluding carboxylic acids is 1. The number of hydrogen-bond donors (Lipinski definition) is 2. The van der Waals surface area contributed by atoms with Gasteiger partial charge in [0.25, 0.3) is 0 Å². The fourth-order valence-electron chi connectivity index (χ4n) is 3.34. The van der Waals surface area contributed by atoms with Crippen LogP contribution in [-0.2, 0) is 11.2 Å². The second-order valence-corrected chi connectivity index (χ2v) is 6.51. The summed E-state index contributed by atoms with van der Waals surface area (Å²) in [5, 5.41) is 3.14. The number of amides is 1. The average Bonchev–Trinajstić information content (AvgIpc) is 3.24. The van der Waals surface area contributed by atoms with Crippen molar-refractivity contribution in [2.75, 3.05) is 6.54 Å². The van der Waals surface area contributed by atoms with Crippen molar-refractivity contribution in [1.82, 2.24) is 10.2 Å². The highest BCUT2D eigenvalue weighted by atomic mass is 16.2. The fraction of sp³-hybridized carbons (Fsp3) is 0.588. The second-order valence-electron chi connectivity index (χ2n) is 6.51. The van der Waals surface area contributed by atoms with Crippen LogP contribution >= 0.6 is 0 Å². The minimum absolute atomic E-state index is 0.0197. The average molecular weight is 287 g/mol. The molecule has 1 aliphatic heterocycles. The Morgan fingerprint density at radius 2 is 2.10 bits per heavy atom. The molecule has 3 N–H and O–H groups in total. The summed E-state index contributed by atoms with van der Waals surface area (Å²) in [4.78, 5) is 14.8. The van der Waals surface area contributed by atoms with Gasteiger partial charge in [0.05, 0.1) is 6.04 Å². The molecule has 3 rings (SSSR count). The Labute approximate surface area is 126 Å². The number of hydrogen-bond acceptors (Lipinski definition) is 3. The molecule has 1 heterocycles. The summed E-state index contributed by atoms with van der Waals surface area (Å²) in [7, 11) is 0. The maximum absolute atomic E-state index is 12.2. The molecule has 3 atom stereocenters. The van der Waals surface area contributed by atoms with Crippen LogP contribution in [0.15, 0.2) is 30.3 Å². The van der Waals surface area contributed by atoms with Crippen LogP contribution in [0.25, 0.3) is 0 Å². The molecule has 4 heteroatoms. The largest absolute Gasteiger partial charge is 0.351 e. The Hall–Kier alpha value is -1.39. The summed E-state index contributed by atoms with van der Waals surface area (Å²) < 4.78 is 0. The first-order chi connectivity index (χ1) is 10.1. The van der Waals surface area contributed by atoms with Gasteiger partial charge in [0.1, 0.15) is 0 Å². The maximum atomic E-state index is 12.2. The zero-order valence-corrected chi connectivity index (χ0v) is 12.7. The Morgan fingerprint density at radius 3 is 2.76 bits per heavy atom. The molecule has 1 aliphatic carbocycles. The smallest absolute Gasteiger partial charge is 0.237 e. The molecule has 0 aromatic heterocycles. The van der Waals surface area contributed by atoms with Gasteiger partial charge >= 0.3 is 0 Å². The Bertz CT molecular complexity index is 486. The van der Waals surface area contributed by atoms with Crippen molar-refractivity contribution in [3.05, 3.63) is 35.9 Å². The van der Waals surface area contributed by atoms with E-state index in [0.29, 0.717) is 12.5 Å². The van der Waals surface area contributed by atoms with Crippen LogP contribution in [0.4, 0.5) is 0 Å². The van der Waals surface area contributed by atoms with E-state index in [0.717, 1.165) is 24.6 Å². The molecule has 1 saturated carbocycles. The van der Waals surface area contributed by atoms with Crippen LogP contribution in [0.2, 0.25) is 0 Å². The molecule has 1 saturated heterocycles. The molecule has 0 radical (unpaired) electrons. The molecule has 0 unspecified atom stereocenters. The summed E-state index contributed by atoms with van der Waals surface area (Å²) in [6.45, 7) is 3.24. The third kappa shape index (κ3) is 3.63. The van der Waals surface area contributed by atoms with E-state index in [-0.39, 0.29) is 11.9 Å². The van der Waals surface area contributed by atoms with Crippen molar-refractivity contribution >= 4 is 5.91 Å². The molecule has 114 valence electrons. The zero-order valence-electron chi connectivity index (χ0n) is 12.7. The second kappa shape index (κ2) is 6.16. The molecule has 4 nitrogen and oxygen atoms in total. The van der Waals surface area contributed by atoms with Gasteiger partial charge in [-0.25, -0.2) is 0 Å². The first kappa shape index (κ1) is 14.5. The van der Waals surface area contributed by atoms with E-state index in [1.54, 1.807) is 0 Å². The SMILES string of the molecule is C[C@@H]1C[C@@H](NC(=O)[C@@H](N)Cc2ccccc2)CN1C1CC1. The summed E-state index contributed by atoms with van der Waals surface area (Å²) in [6.07, 6.45) is 4.28. The monoisotopic (exact) mass is 287 g/mol. The first-order valence-corrected chi connectivity index (χ1v) is 7.99. The lowest BCUT2D eigenvalue weighted by Crippen LogP contribution is -2.47. The highest BCUT2D eigenvalue weighted by Gasteiger charge is 2.39. The van der Waals surface area contributed by atoms with Crippen LogP contribution in [0, 0.1) is 0 Å². The maximum Gasteiger partial charge on any atom is 0.237 e. The number of nitrogens with one attached hydrogen (secondary N) is 1. The zero-order chi connectivity index (χ0) is 14.8. The van der Waals surface area contributed by atoms with E-state index in [4.69, 9.17) is 5.73 Å². The van der Waals surface area contributed by atoms with Crippen LogP contribution in [0.5, 0.6) is 0 Å². The standard InChI is InChI=1S/C17H25N3O/c1-12-9-14(11-20(12)15-7-8-15)19-17(21)16(18)10-13-5-3-2-4-6-13/h2-6,12,14-16H,7-11,18H2,1H3,(H,19,21)/t12-,14-,16+/m1/s1. The van der Waals surface area contributed by atoms with Crippen molar-refractivity contribution < 1.29 is 4.79 Å². The summed E-state index contributed by atoms with van der Waals surface area (Å²) >= 11 is 0. The Kier molecular flexibility index (Phi) is 4.27. The predicted octanol–water partition coefficient (Wildman–Crippen LogP) is 1.30. The van der Waals surface area contributed by atoms with Gasteiger partial charge in [-0.3, -0.25) is 9.69 Å². The third-order valence-corrected chi connectivity index (χ3v) is 4.62. The van der Waals surface area contributed by atoms with E-state index >= 15 is 0 Å². The Balaban J connectivity index is 1.49. The van der Waals surface area contributed by atoms with Crippen molar-refractivity contribution in [3.8, 4) is 0 Å². The Morgan fingerprint density at radius 1 is 1.38 bits per heavy atom. The molecule has 1 amide bonds. The van der Waals surface area contributed by atoms with Gasteiger partial charge < -0.3 is 11.1 Å². The van der Waals surface area contributed by atoms with Crippen molar-refractivity contribution in [2.24, 2.45) is 5.73 Å². The third-order valence-electron chi connectivity index (χ3n) is 4.62. The van der Waals surface area contributed by atoms with E-state index < -0.39 is 6.04 Å². The van der Waals surface area contributed by atoms with Crippen LogP contribution in [0.3, 0.4) is 0 Å². The van der Waals surface area contributed by atoms with Crippen molar-refractivity contribution in [1.29, 1.82) is 0 Å². The fourth-order valence-corrected chi connectivity index (χ4v) is 3.34. The minimum atomic E-state index is -0.460. The van der Waals surface area contributed by atoms with Crippen molar-refractivity contribution in [2.45, 2.75) is 56.8 Å². The topological polar surface area (TPSA) is 58.4 Å². The highest BCUT2D eigenvalue weighted by molar-refractivity contribution is 5.82. The molecule has 1 aromatic carbocycles. The molecule has 2 aliphatic rings. The molecular formula is C17H25N3O. The highest BCUT2D eigenvalue weighted by Crippen LogP contribution is 2.33. The lowest BCUT2D eigenvalue weighted by atomic mass is 10.1. The van der Waals surface area contributed by atoms with Gasteiger partial charge in [-0.15, -0.1) is 0 Å². The lowest BCUT2D eigenvalue weighted by molar-refractivity contribution is -0.123. The van der Waals surface area contributed by atoms with Crippen LogP contribution in [0.1, 0.15) is 31.7 Å². The normalized spacial score (nSPS) is 27.5. The van der Waals surface area contributed by atoms with Gasteiger partial charge in [0.15, 0.2) is 0 Å². The number of likely N-dealkylation sites (tertiary alicyclic amines) is 1. The number of nitrogens with two attached hydrogens (primary N) is 1. The summed E-state index contributed by atoms with van der Waals surface area (Å²) in [5.74, 6) is -0.0197. The first-order valence-electron chi connectivity index (χ1n) is 7.99. The van der Waals surface area contributed by atoms with Crippen LogP contribution < -0.4 is 11.1 Å². The molecule has 1 aromatic rings. The molecule has 0 spiro atoms. The predicted molar refractivity (Wildman–Crippen MR) is 83.9 cm³/mol. The number of rotatable bonds is 5. The van der Waals surface area contributed by atoms with Gasteiger partial charge in [0.2, 0.25) is 5.91 Å². The molecular weight excluding hydrogens is 262 g/mol. The van der Waals surface area contributed by atoms with Gasteiger partial charge in [-0.2, -0.15) is 0 Å². The molecule has 0 bridgehead atoms. The van der Waals surface area contributed by atoms with E-state index in [2.05, 4.69) is 17.1 Å². The van der Waals surface area contributed by atoms with E-state index in [1.807, 2.05) is 30.3 Å². The van der Waals surface area contributed by atoms with Crippen LogP contribution in [-0.4, -0.2) is 41.5 Å². The van der Waals surface area contributed by atoms with Gasteiger partial charge in [-0.1, -0.05) is 30.3 Å². The van der Waals surface area contributed by atoms with Gasteiger partial charge in [-0.05, 0) is 38.2 Å². The molecule has 21 heavy (non-hydrogen) atoms. The molecule has 2 fully saturated rings. The lowest BCUT2D eigenvalue weighted by Gasteiger charge is -2.20. The summed E-state index contributed by atoms with van der Waals surface area (Å²) in [6, 6.07) is 11.1. The quantitative estimate of drug-likeness (QED) is 0.858. The minimum Gasteiger partial charge on any atom is -0.351 e. The number of benzene rings is 1. The number of nitrogens with zero attached hydrogens (tertiary/aromatic N) is 1. The van der Waals surface area contributed by atoms with E-state index in [1.165, 1.54) is 12.8 Å². The van der Waals surface area contributed by atoms with Gasteiger partial charge in [0, 0.05) is 24.7 Å². The summed E-state index contributed by atoms with van der Waals surface area (Å²) in [5.41, 5.74) is 7.15. The van der Waals surface area contributed by atoms with E-state index in [9.17, 15) is 4.79 Å². The number of carbonyl (C=O) groups is 1. The van der Waals surface area contributed by atoms with Crippen molar-refractivity contribution in [3.63, 3.8) is 0 Å².